The van der Waals surface area contributed by atoms with Gasteiger partial charge in [-0.25, -0.2) is 9.69 Å². The van der Waals surface area contributed by atoms with E-state index < -0.39 is 6.09 Å². The summed E-state index contributed by atoms with van der Waals surface area (Å²) in [6, 6.07) is 15.0. The van der Waals surface area contributed by atoms with Crippen molar-refractivity contribution in [2.45, 2.75) is 0 Å². The minimum absolute atomic E-state index is 0.207. The number of nitriles is 1. The molecule has 2 aromatic carbocycles. The molecule has 0 fully saturated rings. The van der Waals surface area contributed by atoms with E-state index >= 15 is 0 Å². The lowest BCUT2D eigenvalue weighted by Crippen LogP contribution is -2.24. The van der Waals surface area contributed by atoms with Crippen molar-refractivity contribution in [3.05, 3.63) is 59.1 Å². The third-order valence-electron chi connectivity index (χ3n) is 2.53. The fourth-order valence-electron chi connectivity index (χ4n) is 1.72. The summed E-state index contributed by atoms with van der Waals surface area (Å²) in [6.45, 7) is 0. The van der Waals surface area contributed by atoms with E-state index in [0.717, 1.165) is 4.90 Å². The number of anilines is 2. The van der Waals surface area contributed by atoms with Crippen molar-refractivity contribution < 1.29 is 9.90 Å². The number of hydrogen-bond acceptors (Lipinski definition) is 2. The molecule has 0 aliphatic heterocycles. The molecule has 0 atom stereocenters. The second kappa shape index (κ2) is 5.42. The number of carbonyl (C=O) groups is 1. The minimum Gasteiger partial charge on any atom is -0.464 e. The summed E-state index contributed by atoms with van der Waals surface area (Å²) in [4.78, 5) is 12.5. The van der Waals surface area contributed by atoms with E-state index in [1.165, 1.54) is 12.1 Å². The normalized spacial score (nSPS) is 9.68. The highest BCUT2D eigenvalue weighted by Gasteiger charge is 2.19. The van der Waals surface area contributed by atoms with Crippen LogP contribution in [0.3, 0.4) is 0 Å². The number of hydrogen-bond donors (Lipinski definition) is 1. The van der Waals surface area contributed by atoms with Crippen LogP contribution < -0.4 is 4.90 Å². The van der Waals surface area contributed by atoms with Crippen LogP contribution in [0.2, 0.25) is 5.02 Å². The first-order valence-electron chi connectivity index (χ1n) is 5.41. The SMILES string of the molecule is N#Cc1cc(Cl)ccc1N(C(=O)O)c1ccccc1. The molecule has 5 heteroatoms. The Morgan fingerprint density at radius 2 is 1.89 bits per heavy atom. The molecule has 0 aliphatic carbocycles. The van der Waals surface area contributed by atoms with Crippen molar-refractivity contribution in [3.63, 3.8) is 0 Å². The summed E-state index contributed by atoms with van der Waals surface area (Å²) in [5, 5.41) is 18.8. The first kappa shape index (κ1) is 12.9. The largest absolute Gasteiger partial charge is 0.464 e. The molecule has 0 bridgehead atoms. The molecule has 1 amide bonds. The molecule has 0 heterocycles. The number of nitrogens with zero attached hydrogens (tertiary/aromatic N) is 2. The Morgan fingerprint density at radius 3 is 2.47 bits per heavy atom. The molecule has 2 aromatic rings. The first-order chi connectivity index (χ1) is 9.13. The van der Waals surface area contributed by atoms with Crippen LogP contribution >= 0.6 is 11.6 Å². The molecule has 0 aromatic heterocycles. The van der Waals surface area contributed by atoms with Gasteiger partial charge in [0.1, 0.15) is 6.07 Å². The third kappa shape index (κ3) is 2.67. The van der Waals surface area contributed by atoms with Gasteiger partial charge in [0.15, 0.2) is 0 Å². The average molecular weight is 273 g/mol. The smallest absolute Gasteiger partial charge is 0.416 e. The Labute approximate surface area is 115 Å². The molecule has 94 valence electrons. The van der Waals surface area contributed by atoms with Gasteiger partial charge in [-0.15, -0.1) is 0 Å². The summed E-state index contributed by atoms with van der Waals surface area (Å²) >= 11 is 5.81. The summed E-state index contributed by atoms with van der Waals surface area (Å²) in [5.41, 5.74) is 0.957. The summed E-state index contributed by atoms with van der Waals surface area (Å²) in [6.07, 6.45) is -1.16. The lowest BCUT2D eigenvalue weighted by molar-refractivity contribution is 0.205. The topological polar surface area (TPSA) is 64.3 Å². The molecule has 0 unspecified atom stereocenters. The highest BCUT2D eigenvalue weighted by Crippen LogP contribution is 2.30. The van der Waals surface area contributed by atoms with Gasteiger partial charge >= 0.3 is 6.09 Å². The van der Waals surface area contributed by atoms with Crippen LogP contribution in [0.25, 0.3) is 0 Å². The fraction of sp³-hybridized carbons (Fsp3) is 0. The van der Waals surface area contributed by atoms with Gasteiger partial charge in [-0.1, -0.05) is 29.8 Å². The lowest BCUT2D eigenvalue weighted by atomic mass is 10.1. The zero-order valence-corrected chi connectivity index (χ0v) is 10.5. The number of amides is 1. The maximum Gasteiger partial charge on any atom is 0.416 e. The van der Waals surface area contributed by atoms with Crippen molar-refractivity contribution >= 4 is 29.1 Å². The molecule has 0 spiro atoms. The molecule has 0 radical (unpaired) electrons. The molecule has 19 heavy (non-hydrogen) atoms. The van der Waals surface area contributed by atoms with E-state index in [2.05, 4.69) is 0 Å². The average Bonchev–Trinajstić information content (AvgIpc) is 2.41. The second-order valence-corrected chi connectivity index (χ2v) is 4.16. The second-order valence-electron chi connectivity index (χ2n) is 3.73. The summed E-state index contributed by atoms with van der Waals surface area (Å²) < 4.78 is 0. The Hall–Kier alpha value is -2.51. The summed E-state index contributed by atoms with van der Waals surface area (Å²) in [5.74, 6) is 0. The van der Waals surface area contributed by atoms with Crippen LogP contribution in [0, 0.1) is 11.3 Å². The van der Waals surface area contributed by atoms with Gasteiger partial charge in [-0.05, 0) is 30.3 Å². The molecule has 0 aliphatic rings. The third-order valence-corrected chi connectivity index (χ3v) is 2.76. The zero-order chi connectivity index (χ0) is 13.8. The Balaban J connectivity index is 2.59. The molecule has 4 nitrogen and oxygen atoms in total. The Kier molecular flexibility index (Phi) is 3.69. The predicted octanol–water partition coefficient (Wildman–Crippen LogP) is 4.03. The number of benzene rings is 2. The molecular formula is C14H9ClN2O2. The number of carboxylic acid groups (broad SMARTS) is 1. The van der Waals surface area contributed by atoms with E-state index in [4.69, 9.17) is 16.9 Å². The maximum atomic E-state index is 11.4. The quantitative estimate of drug-likeness (QED) is 0.898. The van der Waals surface area contributed by atoms with Gasteiger partial charge in [0, 0.05) is 5.02 Å². The van der Waals surface area contributed by atoms with Crippen molar-refractivity contribution in [1.29, 1.82) is 5.26 Å². The van der Waals surface area contributed by atoms with Crippen LogP contribution in [0.4, 0.5) is 16.2 Å². The van der Waals surface area contributed by atoms with Crippen LogP contribution in [0.1, 0.15) is 5.56 Å². The standard InChI is InChI=1S/C14H9ClN2O2/c15-11-6-7-13(10(8-11)9-16)17(14(18)19)12-4-2-1-3-5-12/h1-8H,(H,18,19). The fourth-order valence-corrected chi connectivity index (χ4v) is 1.89. The van der Waals surface area contributed by atoms with Crippen LogP contribution in [0.5, 0.6) is 0 Å². The molecule has 0 saturated carbocycles. The van der Waals surface area contributed by atoms with Crippen LogP contribution in [-0.4, -0.2) is 11.2 Å². The number of rotatable bonds is 2. The lowest BCUT2D eigenvalue weighted by Gasteiger charge is -2.20. The van der Waals surface area contributed by atoms with Gasteiger partial charge in [0.2, 0.25) is 0 Å². The van der Waals surface area contributed by atoms with Gasteiger partial charge in [0.05, 0.1) is 16.9 Å². The Morgan fingerprint density at radius 1 is 1.21 bits per heavy atom. The Bertz CT molecular complexity index is 650. The highest BCUT2D eigenvalue weighted by atomic mass is 35.5. The number of para-hydroxylation sites is 1. The summed E-state index contributed by atoms with van der Waals surface area (Å²) in [7, 11) is 0. The molecule has 2 rings (SSSR count). The van der Waals surface area contributed by atoms with E-state index in [9.17, 15) is 9.90 Å². The van der Waals surface area contributed by atoms with Crippen molar-refractivity contribution in [2.75, 3.05) is 4.90 Å². The van der Waals surface area contributed by atoms with Crippen molar-refractivity contribution in [2.24, 2.45) is 0 Å². The van der Waals surface area contributed by atoms with Gasteiger partial charge in [-0.3, -0.25) is 0 Å². The van der Waals surface area contributed by atoms with Crippen LogP contribution in [0.15, 0.2) is 48.5 Å². The van der Waals surface area contributed by atoms with E-state index in [-0.39, 0.29) is 11.3 Å². The molecule has 0 saturated heterocycles. The van der Waals surface area contributed by atoms with Crippen molar-refractivity contribution in [1.82, 2.24) is 0 Å². The maximum absolute atomic E-state index is 11.4. The van der Waals surface area contributed by atoms with E-state index in [0.29, 0.717) is 10.7 Å². The number of halogens is 1. The van der Waals surface area contributed by atoms with Gasteiger partial charge in [-0.2, -0.15) is 5.26 Å². The van der Waals surface area contributed by atoms with Crippen LogP contribution in [-0.2, 0) is 0 Å². The minimum atomic E-state index is -1.16. The highest BCUT2D eigenvalue weighted by molar-refractivity contribution is 6.30. The van der Waals surface area contributed by atoms with E-state index in [1.54, 1.807) is 36.4 Å². The van der Waals surface area contributed by atoms with Gasteiger partial charge in [0.25, 0.3) is 0 Å². The van der Waals surface area contributed by atoms with Crippen molar-refractivity contribution in [3.8, 4) is 6.07 Å². The molecular weight excluding hydrogens is 264 g/mol. The predicted molar refractivity (Wildman–Crippen MR) is 72.8 cm³/mol. The van der Waals surface area contributed by atoms with Gasteiger partial charge < -0.3 is 5.11 Å². The zero-order valence-electron chi connectivity index (χ0n) is 9.75. The monoisotopic (exact) mass is 272 g/mol. The first-order valence-corrected chi connectivity index (χ1v) is 5.79. The van der Waals surface area contributed by atoms with E-state index in [1.807, 2.05) is 6.07 Å². The molecule has 1 N–H and O–H groups in total.